The fourth-order valence-electron chi connectivity index (χ4n) is 4.34. The number of nitrogens with zero attached hydrogens (tertiary/aromatic N) is 1. The van der Waals surface area contributed by atoms with Gasteiger partial charge in [-0.25, -0.2) is 0 Å². The second-order valence-corrected chi connectivity index (χ2v) is 7.53. The van der Waals surface area contributed by atoms with E-state index in [4.69, 9.17) is 21.1 Å². The Morgan fingerprint density at radius 3 is 2.54 bits per heavy atom. The van der Waals surface area contributed by atoms with Crippen molar-refractivity contribution in [2.75, 3.05) is 47.0 Å². The van der Waals surface area contributed by atoms with Crippen molar-refractivity contribution >= 4 is 24.0 Å². The molecule has 0 aromatic heterocycles. The molecule has 2 N–H and O–H groups in total. The van der Waals surface area contributed by atoms with Crippen molar-refractivity contribution < 1.29 is 14.6 Å². The first-order valence-corrected chi connectivity index (χ1v) is 9.49. The average Bonchev–Trinajstić information content (AvgIpc) is 3.12. The van der Waals surface area contributed by atoms with E-state index in [1.165, 1.54) is 12.8 Å². The second-order valence-electron chi connectivity index (χ2n) is 7.15. The highest BCUT2D eigenvalue weighted by Gasteiger charge is 2.35. The molecule has 0 radical (unpaired) electrons. The van der Waals surface area contributed by atoms with Crippen LogP contribution < -0.4 is 14.8 Å². The Bertz CT molecular complexity index is 580. The zero-order valence-corrected chi connectivity index (χ0v) is 17.1. The molecule has 2 fully saturated rings. The van der Waals surface area contributed by atoms with Crippen LogP contribution in [0.2, 0.25) is 5.02 Å². The summed E-state index contributed by atoms with van der Waals surface area (Å²) in [6.07, 6.45) is 2.38. The number of methoxy groups -OCH3 is 2. The van der Waals surface area contributed by atoms with Gasteiger partial charge in [-0.1, -0.05) is 17.7 Å². The third-order valence-electron chi connectivity index (χ3n) is 5.82. The van der Waals surface area contributed by atoms with Gasteiger partial charge in [0.05, 0.1) is 19.2 Å². The first-order valence-electron chi connectivity index (χ1n) is 9.11. The van der Waals surface area contributed by atoms with Crippen molar-refractivity contribution in [2.24, 2.45) is 17.8 Å². The fraction of sp³-hybridized carbons (Fsp3) is 0.684. The Morgan fingerprint density at radius 2 is 1.92 bits per heavy atom. The minimum atomic E-state index is 0. The Kier molecular flexibility index (Phi) is 8.30. The van der Waals surface area contributed by atoms with Gasteiger partial charge in [0.1, 0.15) is 0 Å². The van der Waals surface area contributed by atoms with Crippen LogP contribution in [-0.2, 0) is 6.54 Å². The molecule has 0 spiro atoms. The van der Waals surface area contributed by atoms with Crippen molar-refractivity contribution in [3.63, 3.8) is 0 Å². The molecular weight excluding hydrogens is 375 g/mol. The molecule has 0 amide bonds. The van der Waals surface area contributed by atoms with Crippen LogP contribution in [0.5, 0.6) is 11.5 Å². The molecule has 148 valence electrons. The summed E-state index contributed by atoms with van der Waals surface area (Å²) in [5.74, 6) is 3.04. The highest BCUT2D eigenvalue weighted by molar-refractivity contribution is 6.33. The van der Waals surface area contributed by atoms with Crippen molar-refractivity contribution in [2.45, 2.75) is 19.4 Å². The van der Waals surface area contributed by atoms with Gasteiger partial charge in [0.2, 0.25) is 0 Å². The van der Waals surface area contributed by atoms with E-state index in [0.717, 1.165) is 38.3 Å². The van der Waals surface area contributed by atoms with E-state index in [1.54, 1.807) is 14.2 Å². The van der Waals surface area contributed by atoms with Crippen molar-refractivity contribution in [1.82, 2.24) is 10.2 Å². The number of ether oxygens (including phenoxy) is 2. The van der Waals surface area contributed by atoms with Crippen LogP contribution in [0.25, 0.3) is 0 Å². The predicted octanol–water partition coefficient (Wildman–Crippen LogP) is 2.82. The summed E-state index contributed by atoms with van der Waals surface area (Å²) in [7, 11) is 3.24. The zero-order valence-electron chi connectivity index (χ0n) is 15.5. The van der Waals surface area contributed by atoms with Crippen molar-refractivity contribution in [1.29, 1.82) is 0 Å². The van der Waals surface area contributed by atoms with Gasteiger partial charge in [-0.2, -0.15) is 0 Å². The highest BCUT2D eigenvalue weighted by Crippen LogP contribution is 2.38. The first-order chi connectivity index (χ1) is 12.2. The molecule has 2 aliphatic heterocycles. The van der Waals surface area contributed by atoms with E-state index in [9.17, 15) is 5.11 Å². The van der Waals surface area contributed by atoms with E-state index < -0.39 is 0 Å². The topological polar surface area (TPSA) is 54.0 Å². The summed E-state index contributed by atoms with van der Waals surface area (Å²) in [5, 5.41) is 13.6. The lowest BCUT2D eigenvalue weighted by molar-refractivity contribution is 0.108. The number of hydrogen-bond donors (Lipinski definition) is 2. The zero-order chi connectivity index (χ0) is 17.8. The average molecular weight is 405 g/mol. The smallest absolute Gasteiger partial charge is 0.179 e. The molecule has 1 aromatic rings. The number of benzene rings is 1. The third-order valence-corrected chi connectivity index (χ3v) is 6.24. The summed E-state index contributed by atoms with van der Waals surface area (Å²) < 4.78 is 10.7. The molecule has 3 rings (SSSR count). The van der Waals surface area contributed by atoms with Crippen LogP contribution in [0, 0.1) is 17.8 Å². The maximum Gasteiger partial charge on any atom is 0.179 e. The molecule has 0 bridgehead atoms. The summed E-state index contributed by atoms with van der Waals surface area (Å²) in [5.41, 5.74) is 1.08. The second kappa shape index (κ2) is 10.00. The van der Waals surface area contributed by atoms with Crippen LogP contribution in [0.15, 0.2) is 12.1 Å². The maximum atomic E-state index is 9.55. The maximum absolute atomic E-state index is 9.55. The van der Waals surface area contributed by atoms with Crippen LogP contribution in [-0.4, -0.2) is 57.0 Å². The van der Waals surface area contributed by atoms with Crippen molar-refractivity contribution in [3.05, 3.63) is 22.7 Å². The lowest BCUT2D eigenvalue weighted by Crippen LogP contribution is -2.38. The minimum Gasteiger partial charge on any atom is -0.493 e. The number of aliphatic hydroxyl groups is 1. The van der Waals surface area contributed by atoms with Gasteiger partial charge in [0.25, 0.3) is 0 Å². The van der Waals surface area contributed by atoms with Gasteiger partial charge >= 0.3 is 0 Å². The minimum absolute atomic E-state index is 0. The van der Waals surface area contributed by atoms with Crippen LogP contribution in [0.1, 0.15) is 18.4 Å². The number of hydrogen-bond acceptors (Lipinski definition) is 5. The van der Waals surface area contributed by atoms with Crippen molar-refractivity contribution in [3.8, 4) is 11.5 Å². The normalized spacial score (nSPS) is 24.3. The summed E-state index contributed by atoms with van der Waals surface area (Å²) in [6, 6.07) is 3.95. The first kappa shape index (κ1) is 21.6. The molecular formula is C19H30Cl2N2O3. The summed E-state index contributed by atoms with van der Waals surface area (Å²) >= 11 is 6.51. The SMILES string of the molecule is COc1ccc(CN2CCC([C@@H]3CNC[C@H]3CO)CC2)c(Cl)c1OC.Cl. The fourth-order valence-corrected chi connectivity index (χ4v) is 4.63. The van der Waals surface area contributed by atoms with Gasteiger partial charge < -0.3 is 19.9 Å². The molecule has 26 heavy (non-hydrogen) atoms. The summed E-state index contributed by atoms with van der Waals surface area (Å²) in [4.78, 5) is 2.46. The molecule has 7 heteroatoms. The van der Waals surface area contributed by atoms with E-state index in [-0.39, 0.29) is 12.4 Å². The van der Waals surface area contributed by atoms with E-state index >= 15 is 0 Å². The standard InChI is InChI=1S/C19H29ClN2O3.ClH/c1-24-17-4-3-14(18(20)19(17)25-2)11-22-7-5-13(6-8-22)16-10-21-9-15(16)12-23;/h3-4,13,15-16,21,23H,5-12H2,1-2H3;1H/t15-,16-;/m0./s1. The van der Waals surface area contributed by atoms with Gasteiger partial charge in [-0.3, -0.25) is 4.90 Å². The molecule has 2 saturated heterocycles. The number of aliphatic hydroxyl groups excluding tert-OH is 1. The summed E-state index contributed by atoms with van der Waals surface area (Å²) in [6.45, 7) is 5.30. The predicted molar refractivity (Wildman–Crippen MR) is 107 cm³/mol. The molecule has 0 unspecified atom stereocenters. The van der Waals surface area contributed by atoms with E-state index in [0.29, 0.717) is 40.9 Å². The highest BCUT2D eigenvalue weighted by atomic mass is 35.5. The van der Waals surface area contributed by atoms with Crippen LogP contribution in [0.4, 0.5) is 0 Å². The number of piperidine rings is 1. The van der Waals surface area contributed by atoms with Crippen LogP contribution in [0.3, 0.4) is 0 Å². The molecule has 5 nitrogen and oxygen atoms in total. The Morgan fingerprint density at radius 1 is 1.19 bits per heavy atom. The Balaban J connectivity index is 0.00000243. The molecule has 2 atom stereocenters. The number of rotatable bonds is 6. The molecule has 0 aliphatic carbocycles. The van der Waals surface area contributed by atoms with Gasteiger partial charge in [0, 0.05) is 19.7 Å². The largest absolute Gasteiger partial charge is 0.493 e. The Hall–Kier alpha value is -0.720. The number of halogens is 2. The molecule has 2 aliphatic rings. The van der Waals surface area contributed by atoms with E-state index in [1.807, 2.05) is 12.1 Å². The molecule has 0 saturated carbocycles. The van der Waals surface area contributed by atoms with Gasteiger partial charge in [0.15, 0.2) is 11.5 Å². The quantitative estimate of drug-likeness (QED) is 0.763. The lowest BCUT2D eigenvalue weighted by atomic mass is 9.79. The molecule has 2 heterocycles. The third kappa shape index (κ3) is 4.57. The van der Waals surface area contributed by atoms with Gasteiger partial charge in [-0.05, 0) is 61.9 Å². The van der Waals surface area contributed by atoms with Gasteiger partial charge in [-0.15, -0.1) is 12.4 Å². The Labute approximate surface area is 167 Å². The number of nitrogens with one attached hydrogen (secondary N) is 1. The van der Waals surface area contributed by atoms with E-state index in [2.05, 4.69) is 10.2 Å². The monoisotopic (exact) mass is 404 g/mol. The lowest BCUT2D eigenvalue weighted by Gasteiger charge is -2.36. The van der Waals surface area contributed by atoms with Crippen LogP contribution >= 0.6 is 24.0 Å². The number of likely N-dealkylation sites (tertiary alicyclic amines) is 1. The molecule has 1 aromatic carbocycles.